The summed E-state index contributed by atoms with van der Waals surface area (Å²) in [6.45, 7) is 2.53. The number of amides is 1. The summed E-state index contributed by atoms with van der Waals surface area (Å²) in [6, 6.07) is 16.1. The topological polar surface area (TPSA) is 73.8 Å². The highest BCUT2D eigenvalue weighted by Crippen LogP contribution is 2.42. The zero-order chi connectivity index (χ0) is 22.1. The molecule has 2 saturated heterocycles. The smallest absolute Gasteiger partial charge is 0.242 e. The van der Waals surface area contributed by atoms with Gasteiger partial charge in [0.05, 0.1) is 23.0 Å². The monoisotopic (exact) mass is 469 g/mol. The average Bonchev–Trinajstić information content (AvgIpc) is 3.54. The lowest BCUT2D eigenvalue weighted by molar-refractivity contribution is -0.117. The quantitative estimate of drug-likeness (QED) is 0.482. The number of likely N-dealkylation sites (tertiary alicyclic amines) is 1. The number of hydrogen-bond acceptors (Lipinski definition) is 7. The van der Waals surface area contributed by atoms with E-state index in [-0.39, 0.29) is 11.9 Å². The Kier molecular flexibility index (Phi) is 6.30. The van der Waals surface area contributed by atoms with Gasteiger partial charge in [0, 0.05) is 34.3 Å². The Morgan fingerprint density at radius 3 is 2.81 bits per heavy atom. The lowest BCUT2D eigenvalue weighted by Gasteiger charge is -2.41. The molecule has 5 rings (SSSR count). The Balaban J connectivity index is 1.18. The Labute approximate surface area is 195 Å². The van der Waals surface area contributed by atoms with Crippen molar-refractivity contribution >= 4 is 33.6 Å². The molecule has 0 radical (unpaired) electrons. The molecule has 0 bridgehead atoms. The molecule has 4 heterocycles. The first kappa shape index (κ1) is 21.6. The van der Waals surface area contributed by atoms with E-state index in [2.05, 4.69) is 33.7 Å². The van der Waals surface area contributed by atoms with Crippen molar-refractivity contribution in [2.45, 2.75) is 31.0 Å². The minimum Gasteiger partial charge on any atom is -0.496 e. The van der Waals surface area contributed by atoms with Gasteiger partial charge in [-0.05, 0) is 55.8 Å². The molecule has 0 spiro atoms. The third-order valence-electron chi connectivity index (χ3n) is 6.16. The van der Waals surface area contributed by atoms with E-state index in [1.807, 2.05) is 30.3 Å². The largest absolute Gasteiger partial charge is 0.496 e. The number of carbonyl (C=O) groups excluding carboxylic acids is 1. The van der Waals surface area contributed by atoms with Gasteiger partial charge in [-0.15, -0.1) is 22.7 Å². The van der Waals surface area contributed by atoms with Crippen LogP contribution in [0.5, 0.6) is 5.75 Å². The summed E-state index contributed by atoms with van der Waals surface area (Å²) in [5.41, 5.74) is 1.11. The lowest BCUT2D eigenvalue weighted by Crippen LogP contribution is -2.46. The Morgan fingerprint density at radius 2 is 2.03 bits per heavy atom. The molecule has 32 heavy (non-hydrogen) atoms. The minimum atomic E-state index is -0.639. The van der Waals surface area contributed by atoms with Crippen LogP contribution in [0.15, 0.2) is 48.5 Å². The molecule has 8 heteroatoms. The fourth-order valence-electron chi connectivity index (χ4n) is 4.31. The highest BCUT2D eigenvalue weighted by molar-refractivity contribution is 7.16. The lowest BCUT2D eigenvalue weighted by atomic mass is 9.98. The second-order valence-corrected chi connectivity index (χ2v) is 10.5. The maximum Gasteiger partial charge on any atom is 0.242 e. The predicted octanol–water partition coefficient (Wildman–Crippen LogP) is 4.27. The van der Waals surface area contributed by atoms with Gasteiger partial charge in [-0.2, -0.15) is 0 Å². The van der Waals surface area contributed by atoms with E-state index in [1.54, 1.807) is 18.4 Å². The molecule has 168 valence electrons. The van der Waals surface area contributed by atoms with Crippen molar-refractivity contribution in [3.05, 3.63) is 58.3 Å². The van der Waals surface area contributed by atoms with E-state index >= 15 is 0 Å². The molecule has 2 aromatic heterocycles. The number of aliphatic hydroxyl groups excluding tert-OH is 1. The summed E-state index contributed by atoms with van der Waals surface area (Å²) in [5.74, 6) is 1.32. The van der Waals surface area contributed by atoms with Crippen LogP contribution in [0.1, 0.15) is 34.7 Å². The van der Waals surface area contributed by atoms with Crippen LogP contribution < -0.4 is 15.4 Å². The maximum absolute atomic E-state index is 12.3. The number of anilines is 1. The fraction of sp³-hybridized carbons (Fsp3) is 0.375. The Hall–Kier alpha value is -2.23. The van der Waals surface area contributed by atoms with Crippen LogP contribution in [0.2, 0.25) is 0 Å². The number of benzene rings is 1. The molecule has 1 amide bonds. The van der Waals surface area contributed by atoms with Crippen molar-refractivity contribution in [2.24, 2.45) is 0 Å². The number of aliphatic hydroxyl groups is 1. The molecular weight excluding hydrogens is 442 g/mol. The highest BCUT2D eigenvalue weighted by atomic mass is 32.1. The number of nitrogens with one attached hydrogen (secondary N) is 2. The van der Waals surface area contributed by atoms with E-state index in [0.717, 1.165) is 53.7 Å². The van der Waals surface area contributed by atoms with Gasteiger partial charge in [0.1, 0.15) is 12.0 Å². The first-order valence-electron chi connectivity index (χ1n) is 10.9. The summed E-state index contributed by atoms with van der Waals surface area (Å²) in [6.07, 6.45) is 1.27. The SMILES string of the molecule is COc1ccccc1-c1ccc(C2CN(C(O)c3ccc(NC(=O)[C@@H]4CCCN4)s3)C2)s1. The molecule has 3 aromatic rings. The van der Waals surface area contributed by atoms with Gasteiger partial charge >= 0.3 is 0 Å². The standard InChI is InChI=1S/C24H27N3O3S2/c1-30-18-7-3-2-5-16(18)20-9-8-19(31-20)15-13-27(14-15)24(29)21-10-11-22(32-21)26-23(28)17-6-4-12-25-17/h2-3,5,7-11,15,17,24-25,29H,4,6,12-14H2,1H3,(H,26,28)/t17-,24?/m0/s1. The molecule has 0 saturated carbocycles. The van der Waals surface area contributed by atoms with E-state index in [9.17, 15) is 9.90 Å². The van der Waals surface area contributed by atoms with Gasteiger partial charge in [0.2, 0.25) is 5.91 Å². The van der Waals surface area contributed by atoms with Crippen molar-refractivity contribution in [3.8, 4) is 16.2 Å². The Morgan fingerprint density at radius 1 is 1.19 bits per heavy atom. The second-order valence-electron chi connectivity index (χ2n) is 8.27. The number of ether oxygens (including phenoxy) is 1. The number of carbonyl (C=O) groups is 1. The van der Waals surface area contributed by atoms with Gasteiger partial charge in [-0.1, -0.05) is 12.1 Å². The zero-order valence-corrected chi connectivity index (χ0v) is 19.5. The van der Waals surface area contributed by atoms with Crippen LogP contribution in [0, 0.1) is 0 Å². The van der Waals surface area contributed by atoms with E-state index in [4.69, 9.17) is 4.74 Å². The number of thiophene rings is 2. The molecule has 2 aliphatic rings. The molecule has 2 fully saturated rings. The van der Waals surface area contributed by atoms with Crippen LogP contribution in [-0.4, -0.2) is 48.7 Å². The second kappa shape index (κ2) is 9.33. The number of methoxy groups -OCH3 is 1. The number of para-hydroxylation sites is 1. The van der Waals surface area contributed by atoms with E-state index < -0.39 is 6.23 Å². The first-order valence-corrected chi connectivity index (χ1v) is 12.5. The van der Waals surface area contributed by atoms with Crippen LogP contribution in [0.25, 0.3) is 10.4 Å². The van der Waals surface area contributed by atoms with Crippen LogP contribution >= 0.6 is 22.7 Å². The Bertz CT molecular complexity index is 1080. The minimum absolute atomic E-state index is 0.0120. The van der Waals surface area contributed by atoms with Gasteiger partial charge < -0.3 is 20.5 Å². The predicted molar refractivity (Wildman–Crippen MR) is 130 cm³/mol. The molecule has 2 atom stereocenters. The van der Waals surface area contributed by atoms with Gasteiger partial charge in [0.15, 0.2) is 0 Å². The van der Waals surface area contributed by atoms with Crippen molar-refractivity contribution in [1.29, 1.82) is 0 Å². The average molecular weight is 470 g/mol. The summed E-state index contributed by atoms with van der Waals surface area (Å²) in [5, 5.41) is 17.8. The first-order chi connectivity index (χ1) is 15.6. The molecular formula is C24H27N3O3S2. The van der Waals surface area contributed by atoms with Crippen LogP contribution in [0.3, 0.4) is 0 Å². The third kappa shape index (κ3) is 4.33. The van der Waals surface area contributed by atoms with Crippen LogP contribution in [0.4, 0.5) is 5.00 Å². The maximum atomic E-state index is 12.3. The molecule has 3 N–H and O–H groups in total. The third-order valence-corrected chi connectivity index (χ3v) is 8.48. The van der Waals surface area contributed by atoms with Crippen molar-refractivity contribution in [3.63, 3.8) is 0 Å². The number of rotatable bonds is 7. The van der Waals surface area contributed by atoms with Gasteiger partial charge in [0.25, 0.3) is 0 Å². The zero-order valence-electron chi connectivity index (χ0n) is 17.9. The van der Waals surface area contributed by atoms with E-state index in [1.165, 1.54) is 21.1 Å². The van der Waals surface area contributed by atoms with Crippen molar-refractivity contribution in [2.75, 3.05) is 32.1 Å². The normalized spacial score (nSPS) is 20.1. The molecule has 6 nitrogen and oxygen atoms in total. The molecule has 1 unspecified atom stereocenters. The summed E-state index contributed by atoms with van der Waals surface area (Å²) in [4.78, 5) is 17.8. The summed E-state index contributed by atoms with van der Waals surface area (Å²) in [7, 11) is 1.70. The van der Waals surface area contributed by atoms with Gasteiger partial charge in [-0.25, -0.2) is 0 Å². The number of hydrogen-bond donors (Lipinski definition) is 3. The highest BCUT2D eigenvalue weighted by Gasteiger charge is 2.35. The fourth-order valence-corrected chi connectivity index (χ4v) is 6.37. The molecule has 1 aromatic carbocycles. The van der Waals surface area contributed by atoms with Crippen molar-refractivity contribution in [1.82, 2.24) is 10.2 Å². The molecule has 2 aliphatic heterocycles. The summed E-state index contributed by atoms with van der Waals surface area (Å²) < 4.78 is 5.50. The molecule has 0 aliphatic carbocycles. The number of nitrogens with zero attached hydrogens (tertiary/aromatic N) is 1. The van der Waals surface area contributed by atoms with Crippen LogP contribution in [-0.2, 0) is 4.79 Å². The summed E-state index contributed by atoms with van der Waals surface area (Å²) >= 11 is 3.24. The van der Waals surface area contributed by atoms with Gasteiger partial charge in [-0.3, -0.25) is 9.69 Å². The van der Waals surface area contributed by atoms with Crippen molar-refractivity contribution < 1.29 is 14.6 Å². The van der Waals surface area contributed by atoms with E-state index in [0.29, 0.717) is 5.92 Å².